The van der Waals surface area contributed by atoms with E-state index in [4.69, 9.17) is 0 Å². The summed E-state index contributed by atoms with van der Waals surface area (Å²) < 4.78 is 0. The first-order chi connectivity index (χ1) is 5.11. The highest BCUT2D eigenvalue weighted by atomic mass is 14.7. The molecule has 0 radical (unpaired) electrons. The molecule has 11 heavy (non-hydrogen) atoms. The second kappa shape index (κ2) is 2.87. The molecule has 58 valence electrons. The molecule has 0 aromatic carbocycles. The Morgan fingerprint density at radius 1 is 1.45 bits per heavy atom. The number of nitrogens with zero attached hydrogens (tertiary/aromatic N) is 1. The molecule has 0 atom stereocenters. The van der Waals surface area contributed by atoms with Crippen LogP contribution in [-0.2, 0) is 0 Å². The van der Waals surface area contributed by atoms with Crippen molar-refractivity contribution < 1.29 is 0 Å². The van der Waals surface area contributed by atoms with Gasteiger partial charge in [-0.05, 0) is 25.0 Å². The Morgan fingerprint density at radius 2 is 2.09 bits per heavy atom. The van der Waals surface area contributed by atoms with E-state index in [0.717, 1.165) is 17.7 Å². The van der Waals surface area contributed by atoms with Crippen LogP contribution in [0.4, 0.5) is 0 Å². The van der Waals surface area contributed by atoms with Crippen LogP contribution >= 0.6 is 0 Å². The van der Waals surface area contributed by atoms with Gasteiger partial charge in [0.05, 0.1) is 0 Å². The molecule has 1 nitrogen and oxygen atoms in total. The van der Waals surface area contributed by atoms with Crippen molar-refractivity contribution in [2.24, 2.45) is 4.99 Å². The van der Waals surface area contributed by atoms with Crippen molar-refractivity contribution >= 4 is 6.21 Å². The van der Waals surface area contributed by atoms with Crippen LogP contribution in [0.5, 0.6) is 0 Å². The van der Waals surface area contributed by atoms with Crippen LogP contribution in [0.3, 0.4) is 0 Å². The lowest BCUT2D eigenvalue weighted by Crippen LogP contribution is -1.99. The van der Waals surface area contributed by atoms with E-state index in [1.165, 1.54) is 11.1 Å². The fourth-order valence-corrected chi connectivity index (χ4v) is 1.12. The number of hydrogen-bond acceptors (Lipinski definition) is 1. The maximum atomic E-state index is 4.14. The smallest absolute Gasteiger partial charge is 0.0376 e. The SMILES string of the molecule is C=C1CC(=C)C(=C(C)C)C=N1. The molecule has 0 N–H and O–H groups in total. The molecule has 0 bridgehead atoms. The molecule has 1 heterocycles. The predicted octanol–water partition coefficient (Wildman–Crippen LogP) is 2.87. The fraction of sp³-hybridized carbons (Fsp3) is 0.300. The first-order valence-electron chi connectivity index (χ1n) is 3.68. The summed E-state index contributed by atoms with van der Waals surface area (Å²) in [6.45, 7) is 11.9. The van der Waals surface area contributed by atoms with E-state index < -0.39 is 0 Å². The molecule has 0 aromatic heterocycles. The molecule has 0 amide bonds. The minimum absolute atomic E-state index is 0.816. The monoisotopic (exact) mass is 147 g/mol. The van der Waals surface area contributed by atoms with Crippen molar-refractivity contribution in [2.45, 2.75) is 20.3 Å². The van der Waals surface area contributed by atoms with Crippen LogP contribution in [0, 0.1) is 0 Å². The zero-order valence-corrected chi connectivity index (χ0v) is 7.15. The molecule has 1 aliphatic rings. The maximum Gasteiger partial charge on any atom is 0.0376 e. The Morgan fingerprint density at radius 3 is 2.55 bits per heavy atom. The van der Waals surface area contributed by atoms with Crippen LogP contribution in [0.15, 0.2) is 40.6 Å². The van der Waals surface area contributed by atoms with E-state index in [1.807, 2.05) is 6.21 Å². The summed E-state index contributed by atoms with van der Waals surface area (Å²) in [6, 6.07) is 0. The van der Waals surface area contributed by atoms with Crippen LogP contribution in [-0.4, -0.2) is 6.21 Å². The van der Waals surface area contributed by atoms with E-state index in [2.05, 4.69) is 32.0 Å². The van der Waals surface area contributed by atoms with Gasteiger partial charge in [0.25, 0.3) is 0 Å². The quantitative estimate of drug-likeness (QED) is 0.499. The summed E-state index contributed by atoms with van der Waals surface area (Å²) in [5.74, 6) is 0. The Bertz CT molecular complexity index is 263. The molecule has 0 aromatic rings. The molecule has 0 spiro atoms. The van der Waals surface area contributed by atoms with Gasteiger partial charge in [0.2, 0.25) is 0 Å². The second-order valence-electron chi connectivity index (χ2n) is 3.02. The van der Waals surface area contributed by atoms with E-state index in [0.29, 0.717) is 0 Å². The van der Waals surface area contributed by atoms with Crippen molar-refractivity contribution in [3.05, 3.63) is 35.6 Å². The van der Waals surface area contributed by atoms with Gasteiger partial charge in [-0.2, -0.15) is 0 Å². The van der Waals surface area contributed by atoms with Gasteiger partial charge < -0.3 is 0 Å². The fourth-order valence-electron chi connectivity index (χ4n) is 1.12. The third-order valence-corrected chi connectivity index (χ3v) is 1.71. The lowest BCUT2D eigenvalue weighted by atomic mass is 9.98. The van der Waals surface area contributed by atoms with Gasteiger partial charge in [0.1, 0.15) is 0 Å². The lowest BCUT2D eigenvalue weighted by Gasteiger charge is -2.13. The maximum absolute atomic E-state index is 4.14. The molecule has 1 rings (SSSR count). The molecular formula is C10H13N. The number of allylic oxidation sites excluding steroid dienone is 3. The Balaban J connectivity index is 3.04. The van der Waals surface area contributed by atoms with Crippen molar-refractivity contribution in [1.82, 2.24) is 0 Å². The second-order valence-corrected chi connectivity index (χ2v) is 3.02. The minimum Gasteiger partial charge on any atom is -0.261 e. The van der Waals surface area contributed by atoms with Crippen molar-refractivity contribution in [2.75, 3.05) is 0 Å². The van der Waals surface area contributed by atoms with Crippen LogP contribution in [0.2, 0.25) is 0 Å². The summed E-state index contributed by atoms with van der Waals surface area (Å²) in [7, 11) is 0. The molecular weight excluding hydrogens is 134 g/mol. The summed E-state index contributed by atoms with van der Waals surface area (Å²) in [6.07, 6.45) is 2.67. The molecule has 0 aliphatic carbocycles. The van der Waals surface area contributed by atoms with Gasteiger partial charge in [-0.25, -0.2) is 0 Å². The highest BCUT2D eigenvalue weighted by Gasteiger charge is 2.08. The third-order valence-electron chi connectivity index (χ3n) is 1.71. The zero-order chi connectivity index (χ0) is 8.43. The molecule has 0 unspecified atom stereocenters. The average Bonchev–Trinajstić information content (AvgIpc) is 1.85. The standard InChI is InChI=1S/C10H13N/c1-7(2)10-6-11-9(4)5-8(10)3/h6H,3-5H2,1-2H3. The molecule has 1 heteroatoms. The Hall–Kier alpha value is -1.11. The van der Waals surface area contributed by atoms with Crippen LogP contribution < -0.4 is 0 Å². The molecule has 0 saturated heterocycles. The van der Waals surface area contributed by atoms with Gasteiger partial charge >= 0.3 is 0 Å². The van der Waals surface area contributed by atoms with Crippen LogP contribution in [0.1, 0.15) is 20.3 Å². The van der Waals surface area contributed by atoms with E-state index >= 15 is 0 Å². The summed E-state index contributed by atoms with van der Waals surface area (Å²) >= 11 is 0. The van der Waals surface area contributed by atoms with Gasteiger partial charge in [-0.1, -0.05) is 18.7 Å². The minimum atomic E-state index is 0.816. The first-order valence-corrected chi connectivity index (χ1v) is 3.68. The van der Waals surface area contributed by atoms with Crippen molar-refractivity contribution in [1.29, 1.82) is 0 Å². The van der Waals surface area contributed by atoms with Gasteiger partial charge in [0.15, 0.2) is 0 Å². The van der Waals surface area contributed by atoms with Crippen molar-refractivity contribution in [3.8, 4) is 0 Å². The predicted molar refractivity (Wildman–Crippen MR) is 49.8 cm³/mol. The lowest BCUT2D eigenvalue weighted by molar-refractivity contribution is 1.08. The molecule has 0 fully saturated rings. The van der Waals surface area contributed by atoms with Gasteiger partial charge in [-0.15, -0.1) is 0 Å². The number of hydrogen-bond donors (Lipinski definition) is 0. The normalized spacial score (nSPS) is 17.5. The van der Waals surface area contributed by atoms with E-state index in [1.54, 1.807) is 0 Å². The van der Waals surface area contributed by atoms with Gasteiger partial charge in [-0.3, -0.25) is 4.99 Å². The van der Waals surface area contributed by atoms with E-state index in [-0.39, 0.29) is 0 Å². The molecule has 1 aliphatic heterocycles. The van der Waals surface area contributed by atoms with Crippen molar-refractivity contribution in [3.63, 3.8) is 0 Å². The summed E-state index contributed by atoms with van der Waals surface area (Å²) in [5, 5.41) is 0. The van der Waals surface area contributed by atoms with Gasteiger partial charge in [0, 0.05) is 18.3 Å². The zero-order valence-electron chi connectivity index (χ0n) is 7.15. The highest BCUT2D eigenvalue weighted by Crippen LogP contribution is 2.23. The average molecular weight is 147 g/mol. The number of rotatable bonds is 0. The van der Waals surface area contributed by atoms with E-state index in [9.17, 15) is 0 Å². The first kappa shape index (κ1) is 7.99. The summed E-state index contributed by atoms with van der Waals surface area (Å²) in [4.78, 5) is 4.14. The Kier molecular flexibility index (Phi) is 2.08. The third kappa shape index (κ3) is 1.67. The van der Waals surface area contributed by atoms with Crippen LogP contribution in [0.25, 0.3) is 0 Å². The highest BCUT2D eigenvalue weighted by molar-refractivity contribution is 5.87. The summed E-state index contributed by atoms with van der Waals surface area (Å²) in [5.41, 5.74) is 4.48. The molecule has 0 saturated carbocycles. The number of aliphatic imine (C=N–C) groups is 1. The topological polar surface area (TPSA) is 12.4 Å². The largest absolute Gasteiger partial charge is 0.261 e. The Labute approximate surface area is 67.8 Å².